The molecule has 0 aliphatic heterocycles. The summed E-state index contributed by atoms with van der Waals surface area (Å²) in [6, 6.07) is 4.96. The Morgan fingerprint density at radius 2 is 2.28 bits per heavy atom. The maximum Gasteiger partial charge on any atom is 0.335 e. The van der Waals surface area contributed by atoms with Crippen molar-refractivity contribution in [2.75, 3.05) is 7.11 Å². The molecule has 5 nitrogen and oxygen atoms in total. The molecular weight excluding hydrogens is 232 g/mol. The zero-order chi connectivity index (χ0) is 13.3. The highest BCUT2D eigenvalue weighted by molar-refractivity contribution is 5.92. The molecule has 0 radical (unpaired) electrons. The van der Waals surface area contributed by atoms with E-state index in [4.69, 9.17) is 9.84 Å². The fourth-order valence-electron chi connectivity index (χ4n) is 1.94. The second-order valence-corrected chi connectivity index (χ2v) is 4.32. The lowest BCUT2D eigenvalue weighted by Gasteiger charge is -2.12. The second kappa shape index (κ2) is 4.78. The van der Waals surface area contributed by atoms with E-state index in [1.54, 1.807) is 25.3 Å². The van der Waals surface area contributed by atoms with E-state index < -0.39 is 5.97 Å². The van der Waals surface area contributed by atoms with Crippen LogP contribution in [-0.4, -0.2) is 33.8 Å². The van der Waals surface area contributed by atoms with E-state index in [1.807, 2.05) is 18.4 Å². The first-order valence-electron chi connectivity index (χ1n) is 5.76. The summed E-state index contributed by atoms with van der Waals surface area (Å²) < 4.78 is 7.22. The lowest BCUT2D eigenvalue weighted by Crippen LogP contribution is -2.15. The average Bonchev–Trinajstić information content (AvgIpc) is 2.65. The fraction of sp³-hybridized carbons (Fsp3) is 0.385. The zero-order valence-corrected chi connectivity index (χ0v) is 10.7. The van der Waals surface area contributed by atoms with Gasteiger partial charge in [-0.25, -0.2) is 9.78 Å². The second-order valence-electron chi connectivity index (χ2n) is 4.32. The van der Waals surface area contributed by atoms with E-state index in [-0.39, 0.29) is 11.7 Å². The molecule has 1 unspecified atom stereocenters. The van der Waals surface area contributed by atoms with Gasteiger partial charge in [0.15, 0.2) is 0 Å². The van der Waals surface area contributed by atoms with Crippen molar-refractivity contribution in [3.8, 4) is 0 Å². The van der Waals surface area contributed by atoms with Gasteiger partial charge in [0, 0.05) is 7.11 Å². The van der Waals surface area contributed by atoms with Crippen molar-refractivity contribution in [2.45, 2.75) is 26.5 Å². The monoisotopic (exact) mass is 248 g/mol. The third-order valence-corrected chi connectivity index (χ3v) is 3.03. The maximum atomic E-state index is 11.0. The summed E-state index contributed by atoms with van der Waals surface area (Å²) in [4.78, 5) is 15.4. The molecule has 0 aliphatic carbocycles. The standard InChI is InChI=1S/C13H16N2O3/c1-8(18-3)7-15-9(2)14-11-5-4-10(13(16)17)6-12(11)15/h4-6,8H,7H2,1-3H3,(H,16,17). The molecule has 0 fully saturated rings. The van der Waals surface area contributed by atoms with Crippen LogP contribution < -0.4 is 0 Å². The van der Waals surface area contributed by atoms with Crippen molar-refractivity contribution in [1.82, 2.24) is 9.55 Å². The number of hydrogen-bond acceptors (Lipinski definition) is 3. The van der Waals surface area contributed by atoms with Gasteiger partial charge >= 0.3 is 5.97 Å². The molecule has 5 heteroatoms. The van der Waals surface area contributed by atoms with Crippen molar-refractivity contribution in [3.05, 3.63) is 29.6 Å². The number of ether oxygens (including phenoxy) is 1. The average molecular weight is 248 g/mol. The van der Waals surface area contributed by atoms with Gasteiger partial charge in [-0.05, 0) is 32.0 Å². The van der Waals surface area contributed by atoms with Gasteiger partial charge in [0.1, 0.15) is 5.82 Å². The van der Waals surface area contributed by atoms with Gasteiger partial charge in [0.2, 0.25) is 0 Å². The van der Waals surface area contributed by atoms with Crippen LogP contribution in [0.1, 0.15) is 23.1 Å². The van der Waals surface area contributed by atoms with Crippen LogP contribution in [0.3, 0.4) is 0 Å². The highest BCUT2D eigenvalue weighted by atomic mass is 16.5. The smallest absolute Gasteiger partial charge is 0.335 e. The molecule has 1 aromatic heterocycles. The third kappa shape index (κ3) is 2.22. The van der Waals surface area contributed by atoms with Gasteiger partial charge < -0.3 is 14.4 Å². The molecule has 0 amide bonds. The zero-order valence-electron chi connectivity index (χ0n) is 10.7. The van der Waals surface area contributed by atoms with E-state index in [9.17, 15) is 4.79 Å². The molecule has 0 aliphatic rings. The molecule has 0 bridgehead atoms. The maximum absolute atomic E-state index is 11.0. The number of nitrogens with zero attached hydrogens (tertiary/aromatic N) is 2. The lowest BCUT2D eigenvalue weighted by molar-refractivity contribution is 0.0697. The Bertz CT molecular complexity index is 589. The summed E-state index contributed by atoms with van der Waals surface area (Å²) in [5.41, 5.74) is 1.91. The van der Waals surface area contributed by atoms with Crippen LogP contribution in [0.2, 0.25) is 0 Å². The van der Waals surface area contributed by atoms with Crippen LogP contribution in [0.15, 0.2) is 18.2 Å². The topological polar surface area (TPSA) is 64.4 Å². The molecule has 18 heavy (non-hydrogen) atoms. The van der Waals surface area contributed by atoms with E-state index >= 15 is 0 Å². The van der Waals surface area contributed by atoms with Crippen molar-refractivity contribution in [1.29, 1.82) is 0 Å². The highest BCUT2D eigenvalue weighted by Crippen LogP contribution is 2.18. The van der Waals surface area contributed by atoms with Gasteiger partial charge in [-0.3, -0.25) is 0 Å². The van der Waals surface area contributed by atoms with Crippen LogP contribution >= 0.6 is 0 Å². The van der Waals surface area contributed by atoms with Gasteiger partial charge in [-0.15, -0.1) is 0 Å². The van der Waals surface area contributed by atoms with Crippen molar-refractivity contribution < 1.29 is 14.6 Å². The molecule has 1 N–H and O–H groups in total. The number of methoxy groups -OCH3 is 1. The SMILES string of the molecule is COC(C)Cn1c(C)nc2ccc(C(=O)O)cc21. The molecule has 96 valence electrons. The van der Waals surface area contributed by atoms with Crippen LogP contribution in [0.5, 0.6) is 0 Å². The molecule has 0 saturated carbocycles. The molecule has 1 atom stereocenters. The first kappa shape index (κ1) is 12.6. The fourth-order valence-corrected chi connectivity index (χ4v) is 1.94. The minimum absolute atomic E-state index is 0.0505. The Hall–Kier alpha value is -1.88. The number of aryl methyl sites for hydroxylation is 1. The molecule has 0 saturated heterocycles. The number of carbonyl (C=O) groups is 1. The third-order valence-electron chi connectivity index (χ3n) is 3.03. The summed E-state index contributed by atoms with van der Waals surface area (Å²) in [5, 5.41) is 9.02. The normalized spacial score (nSPS) is 12.8. The van der Waals surface area contributed by atoms with Crippen LogP contribution in [0, 0.1) is 6.92 Å². The van der Waals surface area contributed by atoms with Crippen LogP contribution in [0.25, 0.3) is 11.0 Å². The Morgan fingerprint density at radius 3 is 2.89 bits per heavy atom. The molecule has 1 aromatic carbocycles. The van der Waals surface area contributed by atoms with E-state index in [1.165, 1.54) is 0 Å². The highest BCUT2D eigenvalue weighted by Gasteiger charge is 2.12. The summed E-state index contributed by atoms with van der Waals surface area (Å²) in [7, 11) is 1.65. The predicted molar refractivity (Wildman–Crippen MR) is 67.9 cm³/mol. The first-order valence-corrected chi connectivity index (χ1v) is 5.76. The minimum atomic E-state index is -0.929. The Kier molecular flexibility index (Phi) is 3.34. The number of aromatic nitrogens is 2. The Labute approximate surface area is 105 Å². The first-order chi connectivity index (χ1) is 8.52. The predicted octanol–water partition coefficient (Wildman–Crippen LogP) is 2.08. The van der Waals surface area contributed by atoms with Crippen LogP contribution in [0.4, 0.5) is 0 Å². The number of hydrogen-bond donors (Lipinski definition) is 1. The molecule has 0 spiro atoms. The number of benzene rings is 1. The summed E-state index contributed by atoms with van der Waals surface area (Å²) in [6.45, 7) is 4.52. The van der Waals surface area contributed by atoms with Crippen molar-refractivity contribution in [2.24, 2.45) is 0 Å². The number of rotatable bonds is 4. The number of imidazole rings is 1. The number of fused-ring (bicyclic) bond motifs is 1. The van der Waals surface area contributed by atoms with E-state index in [0.29, 0.717) is 6.54 Å². The summed E-state index contributed by atoms with van der Waals surface area (Å²) in [6.07, 6.45) is 0.0505. The van der Waals surface area contributed by atoms with Gasteiger partial charge in [-0.1, -0.05) is 0 Å². The van der Waals surface area contributed by atoms with Crippen molar-refractivity contribution >= 4 is 17.0 Å². The minimum Gasteiger partial charge on any atom is -0.478 e. The number of carboxylic acid groups (broad SMARTS) is 1. The molecule has 1 heterocycles. The molecular formula is C13H16N2O3. The van der Waals surface area contributed by atoms with Crippen LogP contribution in [-0.2, 0) is 11.3 Å². The largest absolute Gasteiger partial charge is 0.478 e. The van der Waals surface area contributed by atoms with E-state index in [2.05, 4.69) is 4.98 Å². The number of carboxylic acids is 1. The Morgan fingerprint density at radius 1 is 1.56 bits per heavy atom. The van der Waals surface area contributed by atoms with Gasteiger partial charge in [-0.2, -0.15) is 0 Å². The van der Waals surface area contributed by atoms with Crippen molar-refractivity contribution in [3.63, 3.8) is 0 Å². The quantitative estimate of drug-likeness (QED) is 0.899. The Balaban J connectivity index is 2.53. The van der Waals surface area contributed by atoms with Gasteiger partial charge in [0.25, 0.3) is 0 Å². The molecule has 2 rings (SSSR count). The molecule has 2 aromatic rings. The number of aromatic carboxylic acids is 1. The summed E-state index contributed by atoms with van der Waals surface area (Å²) >= 11 is 0. The van der Waals surface area contributed by atoms with E-state index in [0.717, 1.165) is 16.9 Å². The summed E-state index contributed by atoms with van der Waals surface area (Å²) in [5.74, 6) is -0.0708. The van der Waals surface area contributed by atoms with Gasteiger partial charge in [0.05, 0.1) is 29.2 Å². The lowest BCUT2D eigenvalue weighted by atomic mass is 10.2.